The number of phenolic OH excluding ortho intramolecular Hbond substituents is 1. The molecule has 0 aliphatic carbocycles. The number of hydrogen-bond acceptors (Lipinski definition) is 16. The molecule has 8 N–H and O–H groups in total. The van der Waals surface area contributed by atoms with Crippen molar-refractivity contribution in [2.45, 2.75) is 82.3 Å². The van der Waals surface area contributed by atoms with Crippen LogP contribution in [-0.4, -0.2) is 117 Å². The van der Waals surface area contributed by atoms with Crippen LogP contribution < -0.4 is 20.5 Å². The van der Waals surface area contributed by atoms with Gasteiger partial charge in [0.1, 0.15) is 48.0 Å². The highest BCUT2D eigenvalue weighted by molar-refractivity contribution is 5.98. The Hall–Kier alpha value is -6.09. The molecule has 0 spiro atoms. The van der Waals surface area contributed by atoms with E-state index in [1.807, 2.05) is 32.0 Å². The summed E-state index contributed by atoms with van der Waals surface area (Å²) in [6, 6.07) is 13.9. The molecule has 62 heavy (non-hydrogen) atoms. The van der Waals surface area contributed by atoms with E-state index in [0.717, 1.165) is 22.3 Å². The number of ether oxygens (including phenoxy) is 3. The highest BCUT2D eigenvalue weighted by Gasteiger charge is 2.65. The van der Waals surface area contributed by atoms with Gasteiger partial charge in [-0.05, 0) is 68.3 Å². The average molecular weight is 857 g/mol. The number of aliphatic carboxylic acids is 1. The van der Waals surface area contributed by atoms with Crippen LogP contribution in [0.15, 0.2) is 98.5 Å². The first kappa shape index (κ1) is 44.0. The minimum atomic E-state index is -2.77. The maximum atomic E-state index is 13.6. The molecule has 326 valence electrons. The van der Waals surface area contributed by atoms with Crippen molar-refractivity contribution in [3.63, 3.8) is 0 Å². The molecule has 1 aromatic heterocycles. The van der Waals surface area contributed by atoms with Crippen LogP contribution in [0.1, 0.15) is 36.5 Å². The molecule has 0 bridgehead atoms. The summed E-state index contributed by atoms with van der Waals surface area (Å²) >= 11 is 0. The number of quaternary nitrogens is 1. The molecule has 3 aliphatic rings. The van der Waals surface area contributed by atoms with E-state index in [4.69, 9.17) is 23.5 Å². The van der Waals surface area contributed by atoms with Crippen molar-refractivity contribution < 1.29 is 73.6 Å². The molecule has 18 nitrogen and oxygen atoms in total. The Balaban J connectivity index is 1.28. The van der Waals surface area contributed by atoms with Crippen molar-refractivity contribution in [3.05, 3.63) is 111 Å². The summed E-state index contributed by atoms with van der Waals surface area (Å²) in [4.78, 5) is 60.6. The maximum Gasteiger partial charge on any atom is 0.337 e. The summed E-state index contributed by atoms with van der Waals surface area (Å²) < 4.78 is 23.4. The van der Waals surface area contributed by atoms with Gasteiger partial charge >= 0.3 is 11.9 Å². The van der Waals surface area contributed by atoms with Crippen LogP contribution in [-0.2, 0) is 28.7 Å². The van der Waals surface area contributed by atoms with Crippen molar-refractivity contribution in [3.8, 4) is 22.6 Å². The number of nitrogens with one attached hydrogen (secondary N) is 2. The van der Waals surface area contributed by atoms with Gasteiger partial charge < -0.3 is 54.1 Å². The normalized spacial score (nSPS) is 24.6. The Morgan fingerprint density at radius 1 is 1.06 bits per heavy atom. The zero-order chi connectivity index (χ0) is 44.5. The smallest absolute Gasteiger partial charge is 0.337 e. The van der Waals surface area contributed by atoms with Crippen LogP contribution in [0.2, 0.25) is 0 Å². The van der Waals surface area contributed by atoms with Crippen LogP contribution in [0, 0.1) is 13.8 Å². The monoisotopic (exact) mass is 856 g/mol. The van der Waals surface area contributed by atoms with Gasteiger partial charge in [0.05, 0.1) is 17.1 Å². The van der Waals surface area contributed by atoms with Gasteiger partial charge in [0.2, 0.25) is 24.7 Å². The van der Waals surface area contributed by atoms with Gasteiger partial charge in [-0.25, -0.2) is 14.6 Å². The van der Waals surface area contributed by atoms with E-state index in [1.165, 1.54) is 43.5 Å². The van der Waals surface area contributed by atoms with Crippen molar-refractivity contribution in [1.82, 2.24) is 5.32 Å². The summed E-state index contributed by atoms with van der Waals surface area (Å²) in [5.41, 5.74) is 2.15. The van der Waals surface area contributed by atoms with Crippen LogP contribution in [0.25, 0.3) is 27.8 Å². The third-order valence-corrected chi connectivity index (χ3v) is 10.9. The number of aliphatic hydroxyl groups excluding tert-OH is 3. The van der Waals surface area contributed by atoms with Gasteiger partial charge in [0.15, 0.2) is 22.8 Å². The molecular weight excluding hydrogens is 810 g/mol. The number of aromatic hydroxyl groups is 1. The van der Waals surface area contributed by atoms with E-state index in [9.17, 15) is 49.8 Å². The second-order valence-electron chi connectivity index (χ2n) is 15.2. The van der Waals surface area contributed by atoms with E-state index in [2.05, 4.69) is 10.3 Å². The summed E-state index contributed by atoms with van der Waals surface area (Å²) in [5.74, 6) is -3.25. The molecule has 0 amide bonds. The molecule has 3 aliphatic heterocycles. The third-order valence-electron chi connectivity index (χ3n) is 10.9. The molecule has 4 aromatic rings. The number of carbonyl (C=O) groups excluding carboxylic acids is 2. The van der Waals surface area contributed by atoms with Gasteiger partial charge in [0.25, 0.3) is 0 Å². The van der Waals surface area contributed by atoms with E-state index in [0.29, 0.717) is 23.2 Å². The SMILES string of the molecule is CC[C@H](O)[C@]1(O)[C@H](O[NH+]2CC3=CC=NC3=C2c2cc(C)cc(C)c2)[C@@H](Oc2ccc3c(=O)c(-c4ccc(O)cc4)coc3c2)O[C@@H]([C@@H](O)OC(=O)[C@H](NCCC=O)C(=O)O)[C@@H]1O. The first-order valence-electron chi connectivity index (χ1n) is 19.8. The number of carboxylic acids is 1. The predicted molar refractivity (Wildman–Crippen MR) is 218 cm³/mol. The lowest BCUT2D eigenvalue weighted by molar-refractivity contribution is -1.04. The number of carboxylic acid groups (broad SMARTS) is 1. The Bertz CT molecular complexity index is 2500. The lowest BCUT2D eigenvalue weighted by Crippen LogP contribution is -3.09. The van der Waals surface area contributed by atoms with Crippen LogP contribution >= 0.6 is 0 Å². The van der Waals surface area contributed by atoms with Crippen LogP contribution in [0.4, 0.5) is 0 Å². The summed E-state index contributed by atoms with van der Waals surface area (Å²) in [7, 11) is 0. The molecule has 4 heterocycles. The number of hydroxylamine groups is 2. The zero-order valence-electron chi connectivity index (χ0n) is 33.8. The van der Waals surface area contributed by atoms with Gasteiger partial charge in [-0.2, -0.15) is 9.90 Å². The largest absolute Gasteiger partial charge is 0.508 e. The topological polar surface area (TPSA) is 269 Å². The lowest BCUT2D eigenvalue weighted by Gasteiger charge is -2.51. The average Bonchev–Trinajstić information content (AvgIpc) is 3.83. The van der Waals surface area contributed by atoms with E-state index in [-0.39, 0.29) is 59.0 Å². The molecule has 1 fully saturated rings. The third kappa shape index (κ3) is 8.54. The van der Waals surface area contributed by atoms with E-state index in [1.54, 1.807) is 24.4 Å². The Morgan fingerprint density at radius 3 is 2.47 bits per heavy atom. The number of esters is 1. The molecule has 0 saturated carbocycles. The quantitative estimate of drug-likeness (QED) is 0.0255. The van der Waals surface area contributed by atoms with Gasteiger partial charge in [-0.15, -0.1) is 0 Å². The minimum absolute atomic E-state index is 0.0113. The fraction of sp³-hybridized carbons (Fsp3) is 0.341. The first-order chi connectivity index (χ1) is 29.6. The standard InChI is InChI=1S/C44H45N3O15/c1-4-32(50)44(57)38(52)37(42(56)61-41(55)34(40(53)54)45-13-5-15-48)60-43(39(44)62-47-20-25-12-14-46-33(25)35(47)26-17-22(2)16-23(3)18-26)59-28-10-11-29-31(19-28)58-21-30(36(29)51)24-6-8-27(49)9-7-24/h6-12,14-19,21,32,34,37-39,42-43,45,49-50,52,56-57H,4-5,13,20H2,1-3H3,(H,53,54)/p+1/t32-,34+,37+,38-,39+,42-,43-,44+/m0/s1. The molecule has 0 radical (unpaired) electrons. The fourth-order valence-corrected chi connectivity index (χ4v) is 7.89. The number of allylic oxidation sites excluding steroid dienone is 1. The number of nitrogens with zero attached hydrogens (tertiary/aromatic N) is 1. The summed E-state index contributed by atoms with van der Waals surface area (Å²) in [5, 5.41) is 69.7. The van der Waals surface area contributed by atoms with Gasteiger partial charge in [-0.3, -0.25) is 10.1 Å². The van der Waals surface area contributed by atoms with Crippen LogP contribution in [0.5, 0.6) is 11.5 Å². The number of aryl methyl sites for hydroxylation is 2. The number of aldehydes is 1. The number of aliphatic imine (C=N–C) groups is 1. The Kier molecular flexibility index (Phi) is 12.8. The predicted octanol–water partition coefficient (Wildman–Crippen LogP) is 0.821. The number of carbonyl (C=O) groups is 3. The molecule has 1 unspecified atom stereocenters. The van der Waals surface area contributed by atoms with E-state index < -0.39 is 66.0 Å². The Morgan fingerprint density at radius 2 is 1.79 bits per heavy atom. The second-order valence-corrected chi connectivity index (χ2v) is 15.2. The fourth-order valence-electron chi connectivity index (χ4n) is 7.89. The Labute approximate surface area is 353 Å². The van der Waals surface area contributed by atoms with Crippen molar-refractivity contribution in [2.75, 3.05) is 13.1 Å². The number of fused-ring (bicyclic) bond motifs is 2. The van der Waals surface area contributed by atoms with Crippen molar-refractivity contribution in [2.24, 2.45) is 4.99 Å². The second kappa shape index (κ2) is 18.1. The highest BCUT2D eigenvalue weighted by atomic mass is 16.8. The lowest BCUT2D eigenvalue weighted by atomic mass is 9.78. The number of hydrogen-bond donors (Lipinski definition) is 8. The summed E-state index contributed by atoms with van der Waals surface area (Å²) in [6.07, 6.45) is -7.52. The first-order valence-corrected chi connectivity index (χ1v) is 19.8. The number of benzene rings is 3. The molecule has 9 atom stereocenters. The molecule has 7 rings (SSSR count). The number of aliphatic hydroxyl groups is 4. The van der Waals surface area contributed by atoms with Gasteiger partial charge in [0, 0.05) is 36.4 Å². The molecular formula is C44H46N3O15+. The van der Waals surface area contributed by atoms with Crippen molar-refractivity contribution >= 4 is 41.1 Å². The van der Waals surface area contributed by atoms with E-state index >= 15 is 0 Å². The number of rotatable bonds is 16. The number of phenols is 1. The van der Waals surface area contributed by atoms with Crippen LogP contribution in [0.3, 0.4) is 0 Å². The molecule has 18 heteroatoms. The van der Waals surface area contributed by atoms with Crippen molar-refractivity contribution in [1.29, 1.82) is 0 Å². The maximum absolute atomic E-state index is 13.6. The molecule has 3 aromatic carbocycles. The summed E-state index contributed by atoms with van der Waals surface area (Å²) in [6.45, 7) is 5.30. The minimum Gasteiger partial charge on any atom is -0.508 e. The van der Waals surface area contributed by atoms with Gasteiger partial charge in [-0.1, -0.05) is 36.2 Å². The zero-order valence-corrected chi connectivity index (χ0v) is 33.8. The molecule has 1 saturated heterocycles. The highest BCUT2D eigenvalue weighted by Crippen LogP contribution is 2.39.